The second-order valence-electron chi connectivity index (χ2n) is 6.68. The van der Waals surface area contributed by atoms with Crippen molar-refractivity contribution in [3.05, 3.63) is 65.7 Å². The zero-order chi connectivity index (χ0) is 20.1. The largest absolute Gasteiger partial charge is 0.346 e. The Labute approximate surface area is 165 Å². The highest BCUT2D eigenvalue weighted by atomic mass is 32.2. The number of nitrogens with one attached hydrogen (secondary N) is 1. The van der Waals surface area contributed by atoms with Crippen molar-refractivity contribution in [1.82, 2.24) is 14.5 Å². The Balaban J connectivity index is 1.67. The Morgan fingerprint density at radius 2 is 1.61 bits per heavy atom. The van der Waals surface area contributed by atoms with Gasteiger partial charge in [0.1, 0.15) is 0 Å². The first-order valence-electron chi connectivity index (χ1n) is 9.07. The van der Waals surface area contributed by atoms with Crippen LogP contribution in [0.5, 0.6) is 0 Å². The molecule has 7 nitrogen and oxygen atoms in total. The Morgan fingerprint density at radius 3 is 2.18 bits per heavy atom. The second kappa shape index (κ2) is 8.53. The van der Waals surface area contributed by atoms with Gasteiger partial charge in [-0.2, -0.15) is 4.31 Å². The first-order chi connectivity index (χ1) is 13.4. The minimum absolute atomic E-state index is 0.139. The number of carbonyl (C=O) groups is 2. The molecule has 1 heterocycles. The van der Waals surface area contributed by atoms with Crippen LogP contribution in [0.2, 0.25) is 0 Å². The number of carbonyl (C=O) groups excluding carboxylic acids is 2. The number of hydrogen-bond donors (Lipinski definition) is 1. The molecule has 0 aliphatic carbocycles. The molecule has 1 atom stereocenters. The molecule has 1 unspecified atom stereocenters. The maximum atomic E-state index is 12.7. The molecule has 0 spiro atoms. The monoisotopic (exact) mass is 401 g/mol. The number of amides is 2. The zero-order valence-electron chi connectivity index (χ0n) is 15.6. The quantitative estimate of drug-likeness (QED) is 0.746. The first kappa shape index (κ1) is 20.0. The van der Waals surface area contributed by atoms with Crippen LogP contribution in [0.1, 0.15) is 28.9 Å². The van der Waals surface area contributed by atoms with Gasteiger partial charge >= 0.3 is 0 Å². The molecule has 0 bridgehead atoms. The van der Waals surface area contributed by atoms with E-state index >= 15 is 0 Å². The lowest BCUT2D eigenvalue weighted by molar-refractivity contribution is -0.119. The van der Waals surface area contributed by atoms with Crippen molar-refractivity contribution in [1.29, 1.82) is 0 Å². The number of rotatable bonds is 6. The predicted octanol–water partition coefficient (Wildman–Crippen LogP) is 1.64. The van der Waals surface area contributed by atoms with Crippen molar-refractivity contribution in [3.63, 3.8) is 0 Å². The molecule has 0 aromatic heterocycles. The summed E-state index contributed by atoms with van der Waals surface area (Å²) in [5, 5.41) is 2.91. The summed E-state index contributed by atoms with van der Waals surface area (Å²) in [6.45, 7) is 3.17. The van der Waals surface area contributed by atoms with Crippen LogP contribution in [0, 0.1) is 0 Å². The molecule has 1 saturated heterocycles. The number of hydrogen-bond acceptors (Lipinski definition) is 4. The second-order valence-corrected chi connectivity index (χ2v) is 8.61. The summed E-state index contributed by atoms with van der Waals surface area (Å²) in [4.78, 5) is 24.9. The fraction of sp³-hybridized carbons (Fsp3) is 0.300. The van der Waals surface area contributed by atoms with E-state index in [1.807, 2.05) is 37.3 Å². The molecular weight excluding hydrogens is 378 g/mol. The fourth-order valence-corrected chi connectivity index (χ4v) is 4.50. The van der Waals surface area contributed by atoms with Gasteiger partial charge in [0.15, 0.2) is 0 Å². The predicted molar refractivity (Wildman–Crippen MR) is 105 cm³/mol. The van der Waals surface area contributed by atoms with E-state index in [2.05, 4.69) is 5.32 Å². The third-order valence-corrected chi connectivity index (χ3v) is 6.74. The molecule has 2 aromatic carbocycles. The van der Waals surface area contributed by atoms with Crippen LogP contribution in [-0.4, -0.2) is 56.1 Å². The summed E-state index contributed by atoms with van der Waals surface area (Å²) >= 11 is 0. The average molecular weight is 401 g/mol. The highest BCUT2D eigenvalue weighted by molar-refractivity contribution is 7.89. The maximum absolute atomic E-state index is 12.7. The van der Waals surface area contributed by atoms with Gasteiger partial charge in [-0.25, -0.2) is 8.42 Å². The van der Waals surface area contributed by atoms with Crippen LogP contribution in [0.3, 0.4) is 0 Å². The smallest absolute Gasteiger partial charge is 0.251 e. The van der Waals surface area contributed by atoms with Crippen LogP contribution < -0.4 is 5.32 Å². The highest BCUT2D eigenvalue weighted by Gasteiger charge is 2.28. The van der Waals surface area contributed by atoms with Crippen LogP contribution in [0.4, 0.5) is 0 Å². The van der Waals surface area contributed by atoms with Gasteiger partial charge in [0.2, 0.25) is 16.4 Å². The molecule has 0 radical (unpaired) electrons. The van der Waals surface area contributed by atoms with Crippen molar-refractivity contribution >= 4 is 22.3 Å². The summed E-state index contributed by atoms with van der Waals surface area (Å²) in [5.41, 5.74) is 1.39. The van der Waals surface area contributed by atoms with E-state index in [1.165, 1.54) is 28.6 Å². The van der Waals surface area contributed by atoms with Crippen molar-refractivity contribution in [3.8, 4) is 0 Å². The van der Waals surface area contributed by atoms with E-state index in [9.17, 15) is 18.0 Å². The molecule has 3 rings (SSSR count). The summed E-state index contributed by atoms with van der Waals surface area (Å²) in [6.07, 6.45) is 0.730. The third-order valence-electron chi connectivity index (χ3n) is 4.82. The SMILES string of the molecule is CC(NC(=O)c1ccc(S(=O)(=O)N2CCN(C=O)CC2)cc1)c1ccccc1. The molecular formula is C20H23N3O4S. The van der Waals surface area contributed by atoms with Crippen LogP contribution >= 0.6 is 0 Å². The van der Waals surface area contributed by atoms with Crippen molar-refractivity contribution in [2.24, 2.45) is 0 Å². The first-order valence-corrected chi connectivity index (χ1v) is 10.5. The zero-order valence-corrected chi connectivity index (χ0v) is 16.4. The van der Waals surface area contributed by atoms with Gasteiger partial charge in [-0.05, 0) is 36.8 Å². The number of nitrogens with zero attached hydrogens (tertiary/aromatic N) is 2. The molecule has 1 fully saturated rings. The highest BCUT2D eigenvalue weighted by Crippen LogP contribution is 2.19. The van der Waals surface area contributed by atoms with Gasteiger partial charge in [0, 0.05) is 31.7 Å². The summed E-state index contributed by atoms with van der Waals surface area (Å²) in [6, 6.07) is 15.4. The lowest BCUT2D eigenvalue weighted by atomic mass is 10.1. The molecule has 1 N–H and O–H groups in total. The Kier molecular flexibility index (Phi) is 6.11. The Hall–Kier alpha value is -2.71. The molecule has 148 valence electrons. The molecule has 28 heavy (non-hydrogen) atoms. The Bertz CT molecular complexity index is 922. The lowest BCUT2D eigenvalue weighted by Crippen LogP contribution is -2.47. The molecule has 2 aromatic rings. The average Bonchev–Trinajstić information content (AvgIpc) is 2.74. The van der Waals surface area contributed by atoms with Gasteiger partial charge in [-0.1, -0.05) is 30.3 Å². The van der Waals surface area contributed by atoms with Crippen molar-refractivity contribution < 1.29 is 18.0 Å². The lowest BCUT2D eigenvalue weighted by Gasteiger charge is -2.31. The third kappa shape index (κ3) is 4.40. The van der Waals surface area contributed by atoms with E-state index in [1.54, 1.807) is 4.90 Å². The Morgan fingerprint density at radius 1 is 1.00 bits per heavy atom. The van der Waals surface area contributed by atoms with Gasteiger partial charge in [0.25, 0.3) is 5.91 Å². The number of piperazine rings is 1. The summed E-state index contributed by atoms with van der Waals surface area (Å²) < 4.78 is 26.9. The summed E-state index contributed by atoms with van der Waals surface area (Å²) in [7, 11) is -3.64. The van der Waals surface area contributed by atoms with Gasteiger partial charge in [0.05, 0.1) is 10.9 Å². The fourth-order valence-electron chi connectivity index (χ4n) is 3.08. The maximum Gasteiger partial charge on any atom is 0.251 e. The van der Waals surface area contributed by atoms with Gasteiger partial charge < -0.3 is 10.2 Å². The minimum atomic E-state index is -3.64. The number of sulfonamides is 1. The van der Waals surface area contributed by atoms with E-state index in [4.69, 9.17) is 0 Å². The summed E-state index contributed by atoms with van der Waals surface area (Å²) in [5.74, 6) is -0.264. The normalized spacial score (nSPS) is 16.4. The van der Waals surface area contributed by atoms with Gasteiger partial charge in [-0.3, -0.25) is 9.59 Å². The topological polar surface area (TPSA) is 86.8 Å². The van der Waals surface area contributed by atoms with E-state index < -0.39 is 10.0 Å². The van der Waals surface area contributed by atoms with E-state index in [0.717, 1.165) is 12.0 Å². The van der Waals surface area contributed by atoms with E-state index in [-0.39, 0.29) is 29.9 Å². The number of benzene rings is 2. The minimum Gasteiger partial charge on any atom is -0.346 e. The molecule has 0 saturated carbocycles. The van der Waals surface area contributed by atoms with Crippen LogP contribution in [0.25, 0.3) is 0 Å². The molecule has 1 aliphatic heterocycles. The van der Waals surface area contributed by atoms with E-state index in [0.29, 0.717) is 18.7 Å². The van der Waals surface area contributed by atoms with Crippen LogP contribution in [0.15, 0.2) is 59.5 Å². The molecule has 8 heteroatoms. The molecule has 1 aliphatic rings. The van der Waals surface area contributed by atoms with Crippen molar-refractivity contribution in [2.45, 2.75) is 17.9 Å². The van der Waals surface area contributed by atoms with Crippen LogP contribution in [-0.2, 0) is 14.8 Å². The van der Waals surface area contributed by atoms with Gasteiger partial charge in [-0.15, -0.1) is 0 Å². The van der Waals surface area contributed by atoms with Crippen molar-refractivity contribution in [2.75, 3.05) is 26.2 Å². The molecule has 2 amide bonds. The standard InChI is InChI=1S/C20H23N3O4S/c1-16(17-5-3-2-4-6-17)21-20(25)18-7-9-19(10-8-18)28(26,27)23-13-11-22(15-24)12-14-23/h2-10,15-16H,11-14H2,1H3,(H,21,25).